The van der Waals surface area contributed by atoms with Crippen molar-refractivity contribution >= 4 is 12.0 Å². The zero-order valence-electron chi connectivity index (χ0n) is 11.3. The zero-order chi connectivity index (χ0) is 13.9. The summed E-state index contributed by atoms with van der Waals surface area (Å²) >= 11 is 0. The highest BCUT2D eigenvalue weighted by molar-refractivity contribution is 5.77. The smallest absolute Gasteiger partial charge is 0.315 e. The molecule has 3 atom stereocenters. The first kappa shape index (κ1) is 14.8. The van der Waals surface area contributed by atoms with E-state index in [1.807, 2.05) is 27.7 Å². The summed E-state index contributed by atoms with van der Waals surface area (Å²) in [7, 11) is 0. The molecule has 1 aliphatic rings. The number of ether oxygens (including phenoxy) is 1. The van der Waals surface area contributed by atoms with Crippen LogP contribution in [0, 0.1) is 11.3 Å². The predicted octanol–water partition coefficient (Wildman–Crippen LogP) is 0.820. The number of carboxylic acids is 1. The van der Waals surface area contributed by atoms with E-state index in [2.05, 4.69) is 10.6 Å². The van der Waals surface area contributed by atoms with Crippen LogP contribution in [0.3, 0.4) is 0 Å². The highest BCUT2D eigenvalue weighted by Crippen LogP contribution is 2.18. The SMILES string of the molecule is CC(NC(=O)NC1COCC1C(=O)O)C(C)(C)C. The van der Waals surface area contributed by atoms with Crippen LogP contribution in [0.5, 0.6) is 0 Å². The summed E-state index contributed by atoms with van der Waals surface area (Å²) in [5.74, 6) is -1.61. The van der Waals surface area contributed by atoms with Crippen LogP contribution in [0.1, 0.15) is 27.7 Å². The predicted molar refractivity (Wildman–Crippen MR) is 66.3 cm³/mol. The molecule has 0 spiro atoms. The lowest BCUT2D eigenvalue weighted by molar-refractivity contribution is -0.142. The van der Waals surface area contributed by atoms with Gasteiger partial charge in [0.25, 0.3) is 0 Å². The molecule has 0 radical (unpaired) electrons. The molecule has 18 heavy (non-hydrogen) atoms. The number of carbonyl (C=O) groups excluding carboxylic acids is 1. The number of hydrogen-bond acceptors (Lipinski definition) is 3. The van der Waals surface area contributed by atoms with Gasteiger partial charge in [-0.05, 0) is 12.3 Å². The van der Waals surface area contributed by atoms with E-state index in [4.69, 9.17) is 9.84 Å². The van der Waals surface area contributed by atoms with E-state index >= 15 is 0 Å². The van der Waals surface area contributed by atoms with Gasteiger partial charge in [-0.25, -0.2) is 4.79 Å². The molecule has 1 saturated heterocycles. The molecule has 104 valence electrons. The van der Waals surface area contributed by atoms with Gasteiger partial charge in [0.2, 0.25) is 0 Å². The number of urea groups is 1. The standard InChI is InChI=1S/C12H22N2O4/c1-7(12(2,3)4)13-11(17)14-9-6-18-5-8(9)10(15)16/h7-9H,5-6H2,1-4H3,(H,15,16)(H2,13,14,17). The molecule has 1 fully saturated rings. The first-order valence-corrected chi connectivity index (χ1v) is 6.09. The van der Waals surface area contributed by atoms with Crippen LogP contribution in [0.2, 0.25) is 0 Å². The summed E-state index contributed by atoms with van der Waals surface area (Å²) in [4.78, 5) is 22.7. The maximum atomic E-state index is 11.8. The third kappa shape index (κ3) is 3.87. The molecule has 0 saturated carbocycles. The van der Waals surface area contributed by atoms with Crippen LogP contribution >= 0.6 is 0 Å². The van der Waals surface area contributed by atoms with Gasteiger partial charge in [-0.3, -0.25) is 4.79 Å². The van der Waals surface area contributed by atoms with E-state index in [-0.39, 0.29) is 30.7 Å². The average Bonchev–Trinajstić information content (AvgIpc) is 2.63. The van der Waals surface area contributed by atoms with Crippen molar-refractivity contribution in [3.63, 3.8) is 0 Å². The number of aliphatic carboxylic acids is 1. The van der Waals surface area contributed by atoms with Gasteiger partial charge in [0.1, 0.15) is 5.92 Å². The molecule has 0 aromatic carbocycles. The Balaban J connectivity index is 2.48. The topological polar surface area (TPSA) is 87.7 Å². The number of rotatable bonds is 3. The van der Waals surface area contributed by atoms with E-state index in [0.717, 1.165) is 0 Å². The Kier molecular flexibility index (Phi) is 4.56. The largest absolute Gasteiger partial charge is 0.481 e. The van der Waals surface area contributed by atoms with E-state index in [9.17, 15) is 9.59 Å². The fourth-order valence-electron chi connectivity index (χ4n) is 1.56. The summed E-state index contributed by atoms with van der Waals surface area (Å²) < 4.78 is 5.08. The number of nitrogens with one attached hydrogen (secondary N) is 2. The molecule has 2 amide bonds. The van der Waals surface area contributed by atoms with Crippen molar-refractivity contribution in [2.24, 2.45) is 11.3 Å². The Labute approximate surface area is 107 Å². The van der Waals surface area contributed by atoms with Crippen molar-refractivity contribution in [1.82, 2.24) is 10.6 Å². The van der Waals surface area contributed by atoms with Crippen molar-refractivity contribution in [3.05, 3.63) is 0 Å². The first-order chi connectivity index (χ1) is 8.21. The second kappa shape index (κ2) is 5.56. The van der Waals surface area contributed by atoms with Crippen molar-refractivity contribution in [1.29, 1.82) is 0 Å². The van der Waals surface area contributed by atoms with Gasteiger partial charge in [0.05, 0.1) is 19.3 Å². The maximum absolute atomic E-state index is 11.8. The van der Waals surface area contributed by atoms with Gasteiger partial charge in [-0.15, -0.1) is 0 Å². The molecular weight excluding hydrogens is 236 g/mol. The number of carbonyl (C=O) groups is 2. The van der Waals surface area contributed by atoms with Gasteiger partial charge in [0, 0.05) is 6.04 Å². The number of hydrogen-bond donors (Lipinski definition) is 3. The molecule has 0 bridgehead atoms. The second-order valence-electron chi connectivity index (χ2n) is 5.79. The Bertz CT molecular complexity index is 325. The average molecular weight is 258 g/mol. The highest BCUT2D eigenvalue weighted by atomic mass is 16.5. The molecule has 1 aliphatic heterocycles. The quantitative estimate of drug-likeness (QED) is 0.699. The minimum absolute atomic E-state index is 0.0110. The molecule has 1 heterocycles. The van der Waals surface area contributed by atoms with Gasteiger partial charge in [-0.2, -0.15) is 0 Å². The molecule has 1 rings (SSSR count). The molecule has 3 N–H and O–H groups in total. The Morgan fingerprint density at radius 2 is 1.94 bits per heavy atom. The molecule has 0 aliphatic carbocycles. The third-order valence-electron chi connectivity index (χ3n) is 3.36. The van der Waals surface area contributed by atoms with E-state index < -0.39 is 17.9 Å². The molecule has 3 unspecified atom stereocenters. The summed E-state index contributed by atoms with van der Waals surface area (Å²) in [6.45, 7) is 8.38. The van der Waals surface area contributed by atoms with Gasteiger partial charge in [0.15, 0.2) is 0 Å². The first-order valence-electron chi connectivity index (χ1n) is 6.09. The van der Waals surface area contributed by atoms with E-state index in [1.165, 1.54) is 0 Å². The number of carboxylic acid groups (broad SMARTS) is 1. The maximum Gasteiger partial charge on any atom is 0.315 e. The normalized spacial score (nSPS) is 25.6. The van der Waals surface area contributed by atoms with Crippen LogP contribution in [-0.4, -0.2) is 42.4 Å². The molecule has 6 nitrogen and oxygen atoms in total. The van der Waals surface area contributed by atoms with Crippen molar-refractivity contribution in [2.45, 2.75) is 39.8 Å². The summed E-state index contributed by atoms with van der Waals surface area (Å²) in [6.07, 6.45) is 0. The van der Waals surface area contributed by atoms with Gasteiger partial charge < -0.3 is 20.5 Å². The third-order valence-corrected chi connectivity index (χ3v) is 3.36. The molecule has 0 aromatic rings. The van der Waals surface area contributed by atoms with Gasteiger partial charge >= 0.3 is 12.0 Å². The monoisotopic (exact) mass is 258 g/mol. The lowest BCUT2D eigenvalue weighted by Gasteiger charge is -2.29. The summed E-state index contributed by atoms with van der Waals surface area (Å²) in [6, 6.07) is -0.822. The number of amides is 2. The van der Waals surface area contributed by atoms with Crippen LogP contribution in [0.4, 0.5) is 4.79 Å². The van der Waals surface area contributed by atoms with E-state index in [0.29, 0.717) is 0 Å². The van der Waals surface area contributed by atoms with Gasteiger partial charge in [-0.1, -0.05) is 20.8 Å². The minimum Gasteiger partial charge on any atom is -0.481 e. The van der Waals surface area contributed by atoms with Crippen molar-refractivity contribution in [3.8, 4) is 0 Å². The molecule has 0 aromatic heterocycles. The van der Waals surface area contributed by atoms with Crippen molar-refractivity contribution in [2.75, 3.05) is 13.2 Å². The van der Waals surface area contributed by atoms with Crippen LogP contribution in [0.15, 0.2) is 0 Å². The summed E-state index contributed by atoms with van der Waals surface area (Å²) in [5, 5.41) is 14.4. The Morgan fingerprint density at radius 1 is 1.33 bits per heavy atom. The summed E-state index contributed by atoms with van der Waals surface area (Å²) in [5.41, 5.74) is -0.0459. The molecule has 6 heteroatoms. The van der Waals surface area contributed by atoms with Crippen molar-refractivity contribution < 1.29 is 19.4 Å². The zero-order valence-corrected chi connectivity index (χ0v) is 11.3. The minimum atomic E-state index is -0.943. The van der Waals surface area contributed by atoms with Crippen LogP contribution in [0.25, 0.3) is 0 Å². The van der Waals surface area contributed by atoms with E-state index in [1.54, 1.807) is 0 Å². The molecular formula is C12H22N2O4. The lowest BCUT2D eigenvalue weighted by Crippen LogP contribution is -2.51. The fraction of sp³-hybridized carbons (Fsp3) is 0.833. The Hall–Kier alpha value is -1.30. The fourth-order valence-corrected chi connectivity index (χ4v) is 1.56. The van der Waals surface area contributed by atoms with Crippen LogP contribution < -0.4 is 10.6 Å². The lowest BCUT2D eigenvalue weighted by atomic mass is 9.88. The Morgan fingerprint density at radius 3 is 2.44 bits per heavy atom. The van der Waals surface area contributed by atoms with Crippen LogP contribution in [-0.2, 0) is 9.53 Å². The highest BCUT2D eigenvalue weighted by Gasteiger charge is 2.35. The second-order valence-corrected chi connectivity index (χ2v) is 5.79.